The highest BCUT2D eigenvalue weighted by molar-refractivity contribution is 6.02. The zero-order chi connectivity index (χ0) is 47.1. The quantitative estimate of drug-likeness (QED) is 0.105. The maximum Gasteiger partial charge on any atom is 0.246 e. The lowest BCUT2D eigenvalue weighted by Crippen LogP contribution is -2.75. The Balaban J connectivity index is 1.44. The van der Waals surface area contributed by atoms with E-state index >= 15 is 4.79 Å². The third kappa shape index (κ3) is 7.13. The number of dihydropyridines is 1. The molecular formula is C49H62N4O12. The van der Waals surface area contributed by atoms with Gasteiger partial charge in [-0.2, -0.15) is 5.26 Å². The summed E-state index contributed by atoms with van der Waals surface area (Å²) in [6.45, 7) is 14.5. The Morgan fingerprint density at radius 3 is 2.42 bits per heavy atom. The average molecular weight is 899 g/mol. The zero-order valence-corrected chi connectivity index (χ0v) is 38.3. The highest BCUT2D eigenvalue weighted by atomic mass is 16.7. The number of ether oxygens (including phenoxy) is 5. The number of aliphatic hydroxyl groups excluding tert-OH is 5. The highest BCUT2D eigenvalue weighted by Crippen LogP contribution is 2.73. The van der Waals surface area contributed by atoms with Crippen molar-refractivity contribution in [3.63, 3.8) is 0 Å². The summed E-state index contributed by atoms with van der Waals surface area (Å²) < 4.78 is 34.7. The summed E-state index contributed by atoms with van der Waals surface area (Å²) >= 11 is 0. The number of nitrogens with one attached hydrogen (secondary N) is 2. The zero-order valence-electron chi connectivity index (χ0n) is 38.3. The number of nitriles is 1. The molecule has 6 unspecified atom stereocenters. The van der Waals surface area contributed by atoms with E-state index in [1.165, 1.54) is 0 Å². The van der Waals surface area contributed by atoms with Crippen molar-refractivity contribution in [3.8, 4) is 23.3 Å². The number of carbonyl (C=O) groups is 2. The van der Waals surface area contributed by atoms with Crippen molar-refractivity contribution < 1.29 is 58.8 Å². The summed E-state index contributed by atoms with van der Waals surface area (Å²) in [5, 5.41) is 69.6. The second-order valence-corrected chi connectivity index (χ2v) is 19.7. The van der Waals surface area contributed by atoms with E-state index in [2.05, 4.69) is 22.8 Å². The molecule has 1 spiro atoms. The van der Waals surface area contributed by atoms with Gasteiger partial charge in [0.05, 0.1) is 47.3 Å². The van der Waals surface area contributed by atoms with Crippen molar-refractivity contribution in [2.45, 2.75) is 141 Å². The SMILES string of the molecule is CC(C)=CCCC1(C)C=Cc2c(c(CC=C(C)C)c3c(c2O[C@@H]2O[C@H](CO)[C@@H](O)[C@H](O)[C@H]2O)C2=C4C(C(C#N)=C(N)N2)C2CC5C(C)(C)OC(C/C=C(/C)C(=O)NCCO)(C2=O)C45O3)O1. The van der Waals surface area contributed by atoms with Crippen molar-refractivity contribution in [3.05, 3.63) is 74.7 Å². The van der Waals surface area contributed by atoms with Gasteiger partial charge in [-0.3, -0.25) is 9.59 Å². The van der Waals surface area contributed by atoms with Gasteiger partial charge in [-0.05, 0) is 93.2 Å². The van der Waals surface area contributed by atoms with Crippen molar-refractivity contribution >= 4 is 23.5 Å². The third-order valence-electron chi connectivity index (χ3n) is 14.3. The van der Waals surface area contributed by atoms with Gasteiger partial charge in [0.25, 0.3) is 0 Å². The van der Waals surface area contributed by atoms with Crippen LogP contribution in [0.1, 0.15) is 97.8 Å². The average Bonchev–Trinajstić information content (AvgIpc) is 3.39. The molecule has 3 aliphatic carbocycles. The van der Waals surface area contributed by atoms with Gasteiger partial charge in [0.2, 0.25) is 12.2 Å². The first-order chi connectivity index (χ1) is 30.7. The lowest BCUT2D eigenvalue weighted by molar-refractivity contribution is -0.277. The fourth-order valence-electron chi connectivity index (χ4n) is 11.2. The molecule has 5 fully saturated rings. The Labute approximate surface area is 379 Å². The second kappa shape index (κ2) is 16.7. The minimum atomic E-state index is -1.79. The molecule has 5 aliphatic heterocycles. The predicted octanol–water partition coefficient (Wildman–Crippen LogP) is 3.25. The third-order valence-corrected chi connectivity index (χ3v) is 14.3. The molecule has 3 saturated carbocycles. The van der Waals surface area contributed by atoms with E-state index in [-0.39, 0.29) is 54.7 Å². The molecule has 1 aromatic carbocycles. The molecule has 1 aromatic rings. The van der Waals surface area contributed by atoms with Crippen LogP contribution in [0.5, 0.6) is 17.2 Å². The standard InChI is InChI=1S/C49H62N4O12/c1-23(2)10-9-15-47(8)16-14-27-39(63-47)26(12-11-24(3)4)41-33(40(27)62-45-38(58)37(57)36(56)30(22-55)61-45)35-34-32(29(21-50)43(51)53-35)28-20-31-46(6,7)65-48(42(28)59,49(31,34)64-41)17-13-25(5)44(60)52-18-19-54/h10-11,13-14,16,28,30-32,36-38,45,53-58H,9,12,15,17-20,22,51H2,1-8H3,(H,52,60)/b25-13-/t28?,30-,31?,32?,36-,37+,38-,45+,47?,48?,49?/m1/s1. The van der Waals surface area contributed by atoms with Crippen molar-refractivity contribution in [1.82, 2.24) is 10.6 Å². The molecule has 350 valence electrons. The van der Waals surface area contributed by atoms with E-state index in [0.717, 1.165) is 11.1 Å². The second-order valence-electron chi connectivity index (χ2n) is 19.7. The van der Waals surface area contributed by atoms with E-state index in [1.807, 2.05) is 66.7 Å². The Bertz CT molecular complexity index is 2420. The maximum absolute atomic E-state index is 15.5. The Kier molecular flexibility index (Phi) is 12.0. The van der Waals surface area contributed by atoms with Crippen LogP contribution in [-0.4, -0.2) is 110 Å². The number of fused-ring (bicyclic) bond motifs is 3. The van der Waals surface area contributed by atoms with Crippen LogP contribution in [0.2, 0.25) is 0 Å². The number of allylic oxidation sites excluding steroid dienone is 5. The summed E-state index contributed by atoms with van der Waals surface area (Å²) in [6.07, 6.45) is 3.33. The van der Waals surface area contributed by atoms with Gasteiger partial charge < -0.3 is 65.6 Å². The molecule has 2 saturated heterocycles. The summed E-state index contributed by atoms with van der Waals surface area (Å²) in [5.74, 6) is -2.06. The van der Waals surface area contributed by atoms with Crippen LogP contribution >= 0.6 is 0 Å². The van der Waals surface area contributed by atoms with Crippen molar-refractivity contribution in [2.24, 2.45) is 23.5 Å². The number of carbonyl (C=O) groups excluding carboxylic acids is 2. The molecule has 8 aliphatic rings. The van der Waals surface area contributed by atoms with Crippen molar-refractivity contribution in [1.29, 1.82) is 5.26 Å². The van der Waals surface area contributed by atoms with Crippen LogP contribution in [0.3, 0.4) is 0 Å². The van der Waals surface area contributed by atoms with E-state index in [9.17, 15) is 35.6 Å². The van der Waals surface area contributed by atoms with E-state index in [1.54, 1.807) is 13.0 Å². The lowest BCUT2D eigenvalue weighted by atomic mass is 9.45. The van der Waals surface area contributed by atoms with Crippen LogP contribution < -0.4 is 30.6 Å². The number of aliphatic hydroxyl groups is 5. The van der Waals surface area contributed by atoms with Gasteiger partial charge in [0.15, 0.2) is 17.0 Å². The summed E-state index contributed by atoms with van der Waals surface area (Å²) in [6, 6.07) is 2.29. The van der Waals surface area contributed by atoms with Gasteiger partial charge in [0.1, 0.15) is 53.1 Å². The lowest BCUT2D eigenvalue weighted by Gasteiger charge is -2.62. The van der Waals surface area contributed by atoms with Crippen LogP contribution in [0.15, 0.2) is 58.0 Å². The molecule has 16 nitrogen and oxygen atoms in total. The summed E-state index contributed by atoms with van der Waals surface area (Å²) in [5.41, 5.74) is 6.60. The van der Waals surface area contributed by atoms with E-state index < -0.39 is 83.4 Å². The number of rotatable bonds is 13. The predicted molar refractivity (Wildman–Crippen MR) is 237 cm³/mol. The molecule has 0 aromatic heterocycles. The first-order valence-corrected chi connectivity index (χ1v) is 22.5. The maximum atomic E-state index is 15.5. The van der Waals surface area contributed by atoms with Crippen LogP contribution in [0, 0.1) is 29.1 Å². The largest absolute Gasteiger partial charge is 0.482 e. The molecule has 9 rings (SSSR count). The summed E-state index contributed by atoms with van der Waals surface area (Å²) in [4.78, 5) is 28.7. The molecule has 9 N–H and O–H groups in total. The highest BCUT2D eigenvalue weighted by Gasteiger charge is 2.84. The van der Waals surface area contributed by atoms with Gasteiger partial charge >= 0.3 is 0 Å². The number of hydrogen-bond acceptors (Lipinski definition) is 15. The molecule has 0 radical (unpaired) electrons. The fraction of sp³-hybridized carbons (Fsp3) is 0.571. The molecule has 65 heavy (non-hydrogen) atoms. The number of Topliss-reactive ketones (excluding diaryl/α,β-unsaturated/α-hetero) is 1. The van der Waals surface area contributed by atoms with Crippen molar-refractivity contribution in [2.75, 3.05) is 19.8 Å². The van der Waals surface area contributed by atoms with E-state index in [0.29, 0.717) is 58.5 Å². The molecule has 4 bridgehead atoms. The van der Waals surface area contributed by atoms with Crippen LogP contribution in [-0.2, 0) is 25.5 Å². The van der Waals surface area contributed by atoms with Crippen LogP contribution in [0.25, 0.3) is 11.8 Å². The Morgan fingerprint density at radius 1 is 1.03 bits per heavy atom. The first-order valence-electron chi connectivity index (χ1n) is 22.5. The molecule has 1 amide bonds. The smallest absolute Gasteiger partial charge is 0.246 e. The first kappa shape index (κ1) is 46.5. The van der Waals surface area contributed by atoms with Gasteiger partial charge in [0, 0.05) is 47.4 Å². The topological polar surface area (TPSA) is 255 Å². The molecule has 11 atom stereocenters. The fourth-order valence-corrected chi connectivity index (χ4v) is 11.2. The number of nitrogens with zero attached hydrogens (tertiary/aromatic N) is 1. The number of hydrogen-bond donors (Lipinski definition) is 8. The Morgan fingerprint density at radius 2 is 1.75 bits per heavy atom. The summed E-state index contributed by atoms with van der Waals surface area (Å²) in [7, 11) is 0. The van der Waals surface area contributed by atoms with Crippen LogP contribution in [0.4, 0.5) is 0 Å². The molecule has 16 heteroatoms. The monoisotopic (exact) mass is 898 g/mol. The number of nitrogens with two attached hydrogens (primary N) is 1. The minimum Gasteiger partial charge on any atom is -0.482 e. The van der Waals surface area contributed by atoms with Gasteiger partial charge in [-0.1, -0.05) is 29.4 Å². The van der Waals surface area contributed by atoms with Gasteiger partial charge in [-0.25, -0.2) is 0 Å². The van der Waals surface area contributed by atoms with Gasteiger partial charge in [-0.15, -0.1) is 0 Å². The normalized spacial score (nSPS) is 34.6. The molecular weight excluding hydrogens is 837 g/mol. The van der Waals surface area contributed by atoms with E-state index in [4.69, 9.17) is 29.4 Å². The molecule has 5 heterocycles. The Hall–Kier alpha value is -4.99. The minimum absolute atomic E-state index is 0.0264. The number of amides is 1. The number of ketones is 1. The number of benzene rings is 1.